The van der Waals surface area contributed by atoms with Crippen molar-refractivity contribution >= 4 is 17.0 Å². The normalized spacial score (nSPS) is 12.3. The van der Waals surface area contributed by atoms with Crippen LogP contribution in [-0.4, -0.2) is 6.54 Å². The average Bonchev–Trinajstić information content (AvgIpc) is 2.92. The van der Waals surface area contributed by atoms with Crippen LogP contribution in [0.4, 0.5) is 5.69 Å². The molecule has 1 N–H and O–H groups in total. The summed E-state index contributed by atoms with van der Waals surface area (Å²) in [5, 5.41) is 7.38. The lowest BCUT2D eigenvalue weighted by Gasteiger charge is -1.94. The highest BCUT2D eigenvalue weighted by molar-refractivity contribution is 7.07. The van der Waals surface area contributed by atoms with Crippen LogP contribution in [0.15, 0.2) is 47.2 Å². The highest BCUT2D eigenvalue weighted by Crippen LogP contribution is 2.19. The second kappa shape index (κ2) is 4.82. The van der Waals surface area contributed by atoms with Crippen molar-refractivity contribution in [3.05, 3.63) is 52.7 Å². The smallest absolute Gasteiger partial charge is 0.0373 e. The molecule has 0 atom stereocenters. The van der Waals surface area contributed by atoms with E-state index in [2.05, 4.69) is 29.6 Å². The molecule has 0 unspecified atom stereocenters. The first-order valence-electron chi connectivity index (χ1n) is 4.76. The van der Waals surface area contributed by atoms with Gasteiger partial charge in [-0.1, -0.05) is 30.3 Å². The Balaban J connectivity index is 0.000000128. The molecule has 2 aromatic rings. The summed E-state index contributed by atoms with van der Waals surface area (Å²) < 4.78 is 0. The van der Waals surface area contributed by atoms with Gasteiger partial charge < -0.3 is 5.32 Å². The Morgan fingerprint density at radius 2 is 1.79 bits per heavy atom. The second-order valence-electron chi connectivity index (χ2n) is 3.13. The quantitative estimate of drug-likeness (QED) is 0.692. The molecule has 72 valence electrons. The molecule has 0 radical (unpaired) electrons. The van der Waals surface area contributed by atoms with Gasteiger partial charge in [-0.25, -0.2) is 0 Å². The fourth-order valence-corrected chi connectivity index (χ4v) is 1.92. The van der Waals surface area contributed by atoms with Gasteiger partial charge in [-0.15, -0.1) is 0 Å². The molecule has 0 saturated carbocycles. The maximum Gasteiger partial charge on any atom is 0.0373 e. The van der Waals surface area contributed by atoms with Crippen LogP contribution in [-0.2, 0) is 6.42 Å². The van der Waals surface area contributed by atoms with E-state index < -0.39 is 0 Å². The van der Waals surface area contributed by atoms with Gasteiger partial charge >= 0.3 is 0 Å². The monoisotopic (exact) mass is 203 g/mol. The predicted octanol–water partition coefficient (Wildman–Crippen LogP) is 3.40. The number of fused-ring (bicyclic) bond motifs is 1. The maximum atomic E-state index is 3.30. The van der Waals surface area contributed by atoms with Crippen LogP contribution in [0.3, 0.4) is 0 Å². The van der Waals surface area contributed by atoms with Crippen LogP contribution in [0.5, 0.6) is 0 Å². The second-order valence-corrected chi connectivity index (χ2v) is 3.94. The summed E-state index contributed by atoms with van der Waals surface area (Å²) in [6.07, 6.45) is 1.19. The third-order valence-corrected chi connectivity index (χ3v) is 2.78. The minimum absolute atomic E-state index is 1.11. The van der Waals surface area contributed by atoms with Crippen molar-refractivity contribution in [1.82, 2.24) is 0 Å². The van der Waals surface area contributed by atoms with Gasteiger partial charge in [-0.05, 0) is 28.8 Å². The number of para-hydroxylation sites is 1. The van der Waals surface area contributed by atoms with Gasteiger partial charge in [-0.3, -0.25) is 0 Å². The van der Waals surface area contributed by atoms with Crippen molar-refractivity contribution in [2.75, 3.05) is 11.9 Å². The average molecular weight is 203 g/mol. The summed E-state index contributed by atoms with van der Waals surface area (Å²) in [6, 6.07) is 12.5. The van der Waals surface area contributed by atoms with E-state index in [1.54, 1.807) is 11.3 Å². The van der Waals surface area contributed by atoms with Gasteiger partial charge in [0.15, 0.2) is 0 Å². The standard InChI is InChI=1S/C8H9N.C4H4S/c1-2-4-8-7(3-1)5-6-9-8;1-2-4-5-3-1/h1-4,9H,5-6H2;1-4H. The van der Waals surface area contributed by atoms with Crippen molar-refractivity contribution in [1.29, 1.82) is 0 Å². The minimum atomic E-state index is 1.11. The van der Waals surface area contributed by atoms with Crippen molar-refractivity contribution in [2.24, 2.45) is 0 Å². The number of anilines is 1. The first-order chi connectivity index (χ1) is 6.97. The van der Waals surface area contributed by atoms with E-state index in [1.807, 2.05) is 22.9 Å². The molecular weight excluding hydrogens is 190 g/mol. The van der Waals surface area contributed by atoms with E-state index in [4.69, 9.17) is 0 Å². The van der Waals surface area contributed by atoms with Gasteiger partial charge in [0.25, 0.3) is 0 Å². The molecule has 1 aromatic carbocycles. The Morgan fingerprint density at radius 3 is 2.43 bits per heavy atom. The topological polar surface area (TPSA) is 12.0 Å². The third kappa shape index (κ3) is 2.36. The van der Waals surface area contributed by atoms with Crippen LogP contribution in [0.1, 0.15) is 5.56 Å². The van der Waals surface area contributed by atoms with Crippen molar-refractivity contribution in [3.8, 4) is 0 Å². The SMILES string of the molecule is c1ccc2c(c1)CCN2.c1ccsc1. The Labute approximate surface area is 88.4 Å². The van der Waals surface area contributed by atoms with Gasteiger partial charge in [0.1, 0.15) is 0 Å². The predicted molar refractivity (Wildman–Crippen MR) is 63.0 cm³/mol. The van der Waals surface area contributed by atoms with Crippen LogP contribution in [0.25, 0.3) is 0 Å². The van der Waals surface area contributed by atoms with Crippen molar-refractivity contribution in [3.63, 3.8) is 0 Å². The van der Waals surface area contributed by atoms with Crippen LogP contribution < -0.4 is 5.32 Å². The fraction of sp³-hybridized carbons (Fsp3) is 0.167. The highest BCUT2D eigenvalue weighted by atomic mass is 32.1. The van der Waals surface area contributed by atoms with E-state index in [-0.39, 0.29) is 0 Å². The largest absolute Gasteiger partial charge is 0.384 e. The number of hydrogen-bond acceptors (Lipinski definition) is 2. The summed E-state index contributed by atoms with van der Waals surface area (Å²) in [7, 11) is 0. The van der Waals surface area contributed by atoms with E-state index in [0.29, 0.717) is 0 Å². The zero-order chi connectivity index (χ0) is 9.64. The number of hydrogen-bond donors (Lipinski definition) is 1. The third-order valence-electron chi connectivity index (χ3n) is 2.15. The molecule has 1 aliphatic heterocycles. The Bertz CT molecular complexity index is 327. The zero-order valence-electron chi connectivity index (χ0n) is 7.94. The summed E-state index contributed by atoms with van der Waals surface area (Å²) in [5.41, 5.74) is 2.77. The summed E-state index contributed by atoms with van der Waals surface area (Å²) in [6.45, 7) is 1.11. The number of rotatable bonds is 0. The number of thiophene rings is 1. The lowest BCUT2D eigenvalue weighted by Crippen LogP contribution is -1.90. The number of benzene rings is 1. The summed E-state index contributed by atoms with van der Waals surface area (Å²) >= 11 is 1.71. The number of nitrogens with one attached hydrogen (secondary N) is 1. The van der Waals surface area contributed by atoms with Gasteiger partial charge in [0.2, 0.25) is 0 Å². The first kappa shape index (κ1) is 9.28. The van der Waals surface area contributed by atoms with Gasteiger partial charge in [0, 0.05) is 12.2 Å². The molecule has 0 amide bonds. The Kier molecular flexibility index (Phi) is 3.19. The summed E-state index contributed by atoms with van der Waals surface area (Å²) in [4.78, 5) is 0. The van der Waals surface area contributed by atoms with E-state index >= 15 is 0 Å². The molecule has 1 nitrogen and oxygen atoms in total. The van der Waals surface area contributed by atoms with Crippen molar-refractivity contribution in [2.45, 2.75) is 6.42 Å². The molecule has 3 rings (SSSR count). The van der Waals surface area contributed by atoms with Crippen LogP contribution >= 0.6 is 11.3 Å². The Morgan fingerprint density at radius 1 is 1.00 bits per heavy atom. The molecule has 2 heteroatoms. The molecule has 0 aliphatic carbocycles. The maximum absolute atomic E-state index is 3.30. The minimum Gasteiger partial charge on any atom is -0.384 e. The van der Waals surface area contributed by atoms with Gasteiger partial charge in [0.05, 0.1) is 0 Å². The van der Waals surface area contributed by atoms with Crippen LogP contribution in [0.2, 0.25) is 0 Å². The van der Waals surface area contributed by atoms with E-state index in [9.17, 15) is 0 Å². The van der Waals surface area contributed by atoms with E-state index in [1.165, 1.54) is 17.7 Å². The molecule has 0 fully saturated rings. The lowest BCUT2D eigenvalue weighted by molar-refractivity contribution is 1.11. The highest BCUT2D eigenvalue weighted by Gasteiger charge is 2.05. The molecular formula is C12H13NS. The molecule has 14 heavy (non-hydrogen) atoms. The fourth-order valence-electron chi connectivity index (χ4n) is 1.47. The molecule has 2 heterocycles. The lowest BCUT2D eigenvalue weighted by atomic mass is 10.2. The van der Waals surface area contributed by atoms with Gasteiger partial charge in [-0.2, -0.15) is 11.3 Å². The molecule has 1 aromatic heterocycles. The summed E-state index contributed by atoms with van der Waals surface area (Å²) in [5.74, 6) is 0. The zero-order valence-corrected chi connectivity index (χ0v) is 8.76. The van der Waals surface area contributed by atoms with E-state index in [0.717, 1.165) is 6.54 Å². The van der Waals surface area contributed by atoms with Crippen LogP contribution in [0, 0.1) is 0 Å². The molecule has 0 spiro atoms. The molecule has 1 aliphatic rings. The Hall–Kier alpha value is -1.28. The first-order valence-corrected chi connectivity index (χ1v) is 5.70. The molecule has 0 bridgehead atoms. The van der Waals surface area contributed by atoms with Crippen molar-refractivity contribution < 1.29 is 0 Å². The molecule has 0 saturated heterocycles.